The van der Waals surface area contributed by atoms with Gasteiger partial charge in [0.15, 0.2) is 11.4 Å². The average molecular weight is 226 g/mol. The summed E-state index contributed by atoms with van der Waals surface area (Å²) in [6, 6.07) is 0.378. The molecule has 0 aromatic carbocycles. The Morgan fingerprint density at radius 3 is 2.53 bits per heavy atom. The molecule has 15 heavy (non-hydrogen) atoms. The van der Waals surface area contributed by atoms with E-state index in [4.69, 9.17) is 0 Å². The van der Waals surface area contributed by atoms with E-state index in [0.717, 1.165) is 11.4 Å². The van der Waals surface area contributed by atoms with E-state index in [1.54, 1.807) is 6.20 Å². The fourth-order valence-electron chi connectivity index (χ4n) is 1.24. The normalized spacial score (nSPS) is 13.7. The molecule has 0 aliphatic carbocycles. The molecule has 0 aliphatic heterocycles. The van der Waals surface area contributed by atoms with Gasteiger partial charge in [0.25, 0.3) is 0 Å². The Kier molecular flexibility index (Phi) is 3.50. The highest BCUT2D eigenvalue weighted by molar-refractivity contribution is 7.17. The molecule has 0 aliphatic rings. The number of nitrogens with zero attached hydrogens (tertiary/aromatic N) is 2. The first-order valence-electron chi connectivity index (χ1n) is 5.00. The zero-order chi connectivity index (χ0) is 11.6. The Bertz CT molecular complexity index is 341. The number of carbonyl (C=O) groups excluding carboxylic acids is 1. The van der Waals surface area contributed by atoms with E-state index in [-0.39, 0.29) is 5.41 Å². The van der Waals surface area contributed by atoms with Gasteiger partial charge in [-0.15, -0.1) is 0 Å². The Morgan fingerprint density at radius 1 is 1.53 bits per heavy atom. The smallest absolute Gasteiger partial charge is 0.185 e. The van der Waals surface area contributed by atoms with Crippen molar-refractivity contribution in [1.82, 2.24) is 4.98 Å². The van der Waals surface area contributed by atoms with Gasteiger partial charge in [-0.3, -0.25) is 4.79 Å². The molecule has 1 rings (SSSR count). The van der Waals surface area contributed by atoms with Crippen molar-refractivity contribution >= 4 is 22.8 Å². The molecule has 0 saturated carbocycles. The second-order valence-corrected chi connectivity index (χ2v) is 5.86. The zero-order valence-corrected chi connectivity index (χ0v) is 10.8. The van der Waals surface area contributed by atoms with Crippen LogP contribution < -0.4 is 4.90 Å². The highest BCUT2D eigenvalue weighted by Gasteiger charge is 2.25. The average Bonchev–Trinajstić information content (AvgIpc) is 2.62. The van der Waals surface area contributed by atoms with Crippen molar-refractivity contribution in [3.63, 3.8) is 0 Å². The molecule has 1 atom stereocenters. The summed E-state index contributed by atoms with van der Waals surface area (Å²) in [7, 11) is 2.02. The van der Waals surface area contributed by atoms with Crippen LogP contribution in [0.15, 0.2) is 6.20 Å². The first-order valence-corrected chi connectivity index (χ1v) is 5.81. The van der Waals surface area contributed by atoms with Crippen LogP contribution in [0.5, 0.6) is 0 Å². The molecular formula is C11H18N2OS. The highest BCUT2D eigenvalue weighted by Crippen LogP contribution is 2.29. The molecule has 4 heteroatoms. The van der Waals surface area contributed by atoms with Crippen molar-refractivity contribution in [1.29, 1.82) is 0 Å². The van der Waals surface area contributed by atoms with Crippen molar-refractivity contribution in [2.45, 2.75) is 33.7 Å². The highest BCUT2D eigenvalue weighted by atomic mass is 32.1. The summed E-state index contributed by atoms with van der Waals surface area (Å²) in [5, 5.41) is 0.902. The standard InChI is InChI=1S/C11H18N2OS/c1-8(11(2,3)4)13(5)10-12-6-9(7-14)15-10/h6-8H,1-5H3. The van der Waals surface area contributed by atoms with E-state index in [9.17, 15) is 4.79 Å². The molecule has 0 bridgehead atoms. The van der Waals surface area contributed by atoms with E-state index in [0.29, 0.717) is 10.9 Å². The van der Waals surface area contributed by atoms with E-state index >= 15 is 0 Å². The van der Waals surface area contributed by atoms with Gasteiger partial charge in [0.05, 0.1) is 11.1 Å². The van der Waals surface area contributed by atoms with Crippen molar-refractivity contribution in [2.24, 2.45) is 5.41 Å². The lowest BCUT2D eigenvalue weighted by Gasteiger charge is -2.35. The number of aromatic nitrogens is 1. The van der Waals surface area contributed by atoms with Gasteiger partial charge in [0.1, 0.15) is 0 Å². The quantitative estimate of drug-likeness (QED) is 0.743. The fraction of sp³-hybridized carbons (Fsp3) is 0.636. The first kappa shape index (κ1) is 12.2. The molecule has 0 spiro atoms. The van der Waals surface area contributed by atoms with E-state index in [1.165, 1.54) is 11.3 Å². The van der Waals surface area contributed by atoms with Crippen molar-refractivity contribution in [3.8, 4) is 0 Å². The summed E-state index contributed by atoms with van der Waals surface area (Å²) in [4.78, 5) is 17.6. The molecule has 1 aromatic heterocycles. The predicted octanol–water partition coefficient (Wildman–Crippen LogP) is 2.83. The molecule has 0 N–H and O–H groups in total. The fourth-order valence-corrected chi connectivity index (χ4v) is 2.01. The summed E-state index contributed by atoms with van der Waals surface area (Å²) >= 11 is 1.43. The molecule has 0 fully saturated rings. The van der Waals surface area contributed by atoms with Crippen LogP contribution in [-0.2, 0) is 0 Å². The molecule has 0 amide bonds. The number of aldehydes is 1. The molecule has 1 unspecified atom stereocenters. The summed E-state index contributed by atoms with van der Waals surface area (Å²) in [5.41, 5.74) is 0.196. The Morgan fingerprint density at radius 2 is 2.13 bits per heavy atom. The number of hydrogen-bond donors (Lipinski definition) is 0. The first-order chi connectivity index (χ1) is 6.86. The van der Waals surface area contributed by atoms with Crippen molar-refractivity contribution < 1.29 is 4.79 Å². The molecule has 1 heterocycles. The van der Waals surface area contributed by atoms with Gasteiger partial charge in [-0.25, -0.2) is 4.98 Å². The van der Waals surface area contributed by atoms with Gasteiger partial charge in [0, 0.05) is 13.1 Å². The lowest BCUT2D eigenvalue weighted by molar-refractivity contribution is 0.112. The number of thiazole rings is 1. The maximum Gasteiger partial charge on any atom is 0.185 e. The Hall–Kier alpha value is -0.900. The minimum absolute atomic E-state index is 0.196. The van der Waals surface area contributed by atoms with Gasteiger partial charge in [-0.05, 0) is 12.3 Å². The van der Waals surface area contributed by atoms with Gasteiger partial charge in [-0.2, -0.15) is 0 Å². The van der Waals surface area contributed by atoms with Crippen LogP contribution in [0.25, 0.3) is 0 Å². The lowest BCUT2D eigenvalue weighted by atomic mass is 9.87. The van der Waals surface area contributed by atoms with Gasteiger partial charge >= 0.3 is 0 Å². The molecule has 0 saturated heterocycles. The summed E-state index contributed by atoms with van der Waals surface area (Å²) in [6.45, 7) is 8.76. The van der Waals surface area contributed by atoms with Crippen molar-refractivity contribution in [3.05, 3.63) is 11.1 Å². The van der Waals surface area contributed by atoms with E-state index < -0.39 is 0 Å². The Balaban J connectivity index is 2.84. The number of hydrogen-bond acceptors (Lipinski definition) is 4. The van der Waals surface area contributed by atoms with Gasteiger partial charge in [-0.1, -0.05) is 32.1 Å². The third kappa shape index (κ3) is 2.78. The van der Waals surface area contributed by atoms with Crippen LogP contribution in [0, 0.1) is 5.41 Å². The largest absolute Gasteiger partial charge is 0.348 e. The molecule has 3 nitrogen and oxygen atoms in total. The van der Waals surface area contributed by atoms with Gasteiger partial charge < -0.3 is 4.90 Å². The minimum atomic E-state index is 0.196. The summed E-state index contributed by atoms with van der Waals surface area (Å²) in [6.07, 6.45) is 2.47. The number of carbonyl (C=O) groups is 1. The summed E-state index contributed by atoms with van der Waals surface area (Å²) in [5.74, 6) is 0. The topological polar surface area (TPSA) is 33.2 Å². The van der Waals surface area contributed by atoms with E-state index in [1.807, 2.05) is 7.05 Å². The number of anilines is 1. The predicted molar refractivity (Wildman–Crippen MR) is 64.8 cm³/mol. The number of rotatable bonds is 3. The third-order valence-electron chi connectivity index (χ3n) is 2.76. The Labute approximate surface area is 95.1 Å². The summed E-state index contributed by atoms with van der Waals surface area (Å²) < 4.78 is 0. The van der Waals surface area contributed by atoms with Crippen molar-refractivity contribution in [2.75, 3.05) is 11.9 Å². The van der Waals surface area contributed by atoms with Crippen LogP contribution in [0.3, 0.4) is 0 Å². The lowest BCUT2D eigenvalue weighted by Crippen LogP contribution is -2.39. The molecule has 84 valence electrons. The van der Waals surface area contributed by atoms with Crippen LogP contribution in [-0.4, -0.2) is 24.4 Å². The van der Waals surface area contributed by atoms with E-state index in [2.05, 4.69) is 37.6 Å². The monoisotopic (exact) mass is 226 g/mol. The van der Waals surface area contributed by atoms with Crippen LogP contribution in [0.1, 0.15) is 37.4 Å². The van der Waals surface area contributed by atoms with Crippen LogP contribution >= 0.6 is 11.3 Å². The maximum absolute atomic E-state index is 10.6. The minimum Gasteiger partial charge on any atom is -0.348 e. The third-order valence-corrected chi connectivity index (χ3v) is 3.78. The van der Waals surface area contributed by atoms with Crippen LogP contribution in [0.4, 0.5) is 5.13 Å². The SMILES string of the molecule is CC(N(C)c1ncc(C=O)s1)C(C)(C)C. The molecule has 0 radical (unpaired) electrons. The van der Waals surface area contributed by atoms with Gasteiger partial charge in [0.2, 0.25) is 0 Å². The second kappa shape index (κ2) is 4.31. The van der Waals surface area contributed by atoms with Crippen LogP contribution in [0.2, 0.25) is 0 Å². The maximum atomic E-state index is 10.6. The molecule has 1 aromatic rings. The zero-order valence-electron chi connectivity index (χ0n) is 9.94. The second-order valence-electron chi connectivity index (χ2n) is 4.82. The molecular weight excluding hydrogens is 208 g/mol.